The molecule has 0 saturated carbocycles. The molecule has 1 N–H and O–H groups in total. The average molecular weight is 396 g/mol. The van der Waals surface area contributed by atoms with Crippen molar-refractivity contribution in [3.63, 3.8) is 0 Å². The Bertz CT molecular complexity index is 980. The van der Waals surface area contributed by atoms with E-state index < -0.39 is 47.0 Å². The van der Waals surface area contributed by atoms with Crippen molar-refractivity contribution in [1.82, 2.24) is 10.2 Å². The molecule has 2 aliphatic rings. The van der Waals surface area contributed by atoms with Crippen LogP contribution in [0, 0.1) is 17.7 Å². The van der Waals surface area contributed by atoms with Crippen molar-refractivity contribution >= 4 is 17.8 Å². The fourth-order valence-electron chi connectivity index (χ4n) is 4.71. The number of carbonyl (C=O) groups excluding carboxylic acids is 3. The number of imide groups is 1. The quantitative estimate of drug-likeness (QED) is 0.633. The van der Waals surface area contributed by atoms with Gasteiger partial charge < -0.3 is 4.74 Å². The van der Waals surface area contributed by atoms with Crippen LogP contribution in [0.4, 0.5) is 4.39 Å². The van der Waals surface area contributed by atoms with E-state index in [4.69, 9.17) is 4.74 Å². The second kappa shape index (κ2) is 7.08. The van der Waals surface area contributed by atoms with Crippen LogP contribution in [0.5, 0.6) is 0 Å². The Morgan fingerprint density at radius 3 is 2.38 bits per heavy atom. The molecule has 6 nitrogen and oxygen atoms in total. The summed E-state index contributed by atoms with van der Waals surface area (Å²) in [5.74, 6) is -4.01. The van der Waals surface area contributed by atoms with Gasteiger partial charge >= 0.3 is 5.97 Å². The van der Waals surface area contributed by atoms with Crippen LogP contribution in [-0.2, 0) is 24.7 Å². The normalized spacial score (nSPS) is 28.5. The molecule has 0 radical (unpaired) electrons. The highest BCUT2D eigenvalue weighted by molar-refractivity contribution is 6.09. The molecule has 7 heteroatoms. The van der Waals surface area contributed by atoms with Crippen molar-refractivity contribution in [3.8, 4) is 0 Å². The minimum atomic E-state index is -1.59. The van der Waals surface area contributed by atoms with Gasteiger partial charge in [-0.3, -0.25) is 19.8 Å². The highest BCUT2D eigenvalue weighted by atomic mass is 19.1. The monoisotopic (exact) mass is 396 g/mol. The molecule has 0 spiro atoms. The molecule has 0 aliphatic carbocycles. The Labute approximate surface area is 167 Å². The van der Waals surface area contributed by atoms with Crippen LogP contribution in [0.15, 0.2) is 54.6 Å². The van der Waals surface area contributed by atoms with Crippen LogP contribution in [-0.4, -0.2) is 36.3 Å². The number of rotatable bonds is 4. The third-order valence-electron chi connectivity index (χ3n) is 5.94. The number of nitrogens with one attached hydrogen (secondary N) is 1. The summed E-state index contributed by atoms with van der Waals surface area (Å²) in [4.78, 5) is 40.7. The molecule has 2 aliphatic heterocycles. The topological polar surface area (TPSA) is 75.7 Å². The molecule has 0 aromatic heterocycles. The lowest BCUT2D eigenvalue weighted by Crippen LogP contribution is -2.53. The second-order valence-corrected chi connectivity index (χ2v) is 7.23. The Balaban J connectivity index is 1.97. The van der Waals surface area contributed by atoms with Crippen molar-refractivity contribution in [1.29, 1.82) is 0 Å². The summed E-state index contributed by atoms with van der Waals surface area (Å²) in [6.07, 6.45) is 0. The Morgan fingerprint density at radius 1 is 1.10 bits per heavy atom. The van der Waals surface area contributed by atoms with Crippen LogP contribution < -0.4 is 5.32 Å². The van der Waals surface area contributed by atoms with E-state index in [1.54, 1.807) is 55.5 Å². The van der Waals surface area contributed by atoms with E-state index in [2.05, 4.69) is 5.32 Å². The van der Waals surface area contributed by atoms with Crippen molar-refractivity contribution in [2.75, 3.05) is 13.7 Å². The lowest BCUT2D eigenvalue weighted by molar-refractivity contribution is -0.154. The summed E-state index contributed by atoms with van der Waals surface area (Å²) < 4.78 is 19.8. The molecule has 150 valence electrons. The van der Waals surface area contributed by atoms with Gasteiger partial charge in [-0.1, -0.05) is 48.5 Å². The molecular formula is C22H21FN2O4. The molecule has 0 bridgehead atoms. The van der Waals surface area contributed by atoms with Crippen LogP contribution in [0.3, 0.4) is 0 Å². The largest absolute Gasteiger partial charge is 0.467 e. The van der Waals surface area contributed by atoms with Gasteiger partial charge in [0.05, 0.1) is 18.9 Å². The zero-order valence-corrected chi connectivity index (χ0v) is 16.1. The van der Waals surface area contributed by atoms with E-state index in [9.17, 15) is 18.8 Å². The van der Waals surface area contributed by atoms with E-state index in [1.807, 2.05) is 0 Å². The number of methoxy groups -OCH3 is 1. The van der Waals surface area contributed by atoms with Gasteiger partial charge in [0, 0.05) is 18.2 Å². The fourth-order valence-corrected chi connectivity index (χ4v) is 4.71. The molecule has 2 saturated heterocycles. The molecule has 2 fully saturated rings. The first-order valence-corrected chi connectivity index (χ1v) is 9.48. The number of fused-ring (bicyclic) bond motifs is 1. The maximum absolute atomic E-state index is 14.7. The van der Waals surface area contributed by atoms with Crippen LogP contribution in [0.1, 0.15) is 24.1 Å². The zero-order valence-electron chi connectivity index (χ0n) is 16.1. The first-order valence-electron chi connectivity index (χ1n) is 9.48. The standard InChI is InChI=1S/C22H21FN2O4/c1-3-25-19(26)16-17(20(25)27)22(21(28)29-2,13-9-5-4-6-10-13)24-18(16)14-11-7-8-12-15(14)23/h4-12,16-18,24H,3H2,1-2H3/t16-,17-,18-,22-/m0/s1. The summed E-state index contributed by atoms with van der Waals surface area (Å²) in [6.45, 7) is 1.88. The summed E-state index contributed by atoms with van der Waals surface area (Å²) >= 11 is 0. The smallest absolute Gasteiger partial charge is 0.331 e. The molecule has 2 heterocycles. The first kappa shape index (κ1) is 19.3. The summed E-state index contributed by atoms with van der Waals surface area (Å²) in [5, 5.41) is 3.15. The maximum atomic E-state index is 14.7. The first-order chi connectivity index (χ1) is 14.0. The third kappa shape index (κ3) is 2.61. The van der Waals surface area contributed by atoms with Crippen LogP contribution in [0.25, 0.3) is 0 Å². The Hall–Kier alpha value is -3.06. The number of hydrogen-bond donors (Lipinski definition) is 1. The van der Waals surface area contributed by atoms with E-state index in [-0.39, 0.29) is 12.1 Å². The molecule has 2 amide bonds. The maximum Gasteiger partial charge on any atom is 0.331 e. The van der Waals surface area contributed by atoms with Gasteiger partial charge in [0.15, 0.2) is 5.54 Å². The van der Waals surface area contributed by atoms with Crippen molar-refractivity contribution < 1.29 is 23.5 Å². The summed E-state index contributed by atoms with van der Waals surface area (Å²) in [7, 11) is 1.24. The Morgan fingerprint density at radius 2 is 1.76 bits per heavy atom. The number of hydrogen-bond acceptors (Lipinski definition) is 5. The molecule has 2 aromatic rings. The minimum Gasteiger partial charge on any atom is -0.467 e. The lowest BCUT2D eigenvalue weighted by atomic mass is 9.75. The number of amides is 2. The van der Waals surface area contributed by atoms with Crippen LogP contribution in [0.2, 0.25) is 0 Å². The second-order valence-electron chi connectivity index (χ2n) is 7.23. The lowest BCUT2D eigenvalue weighted by Gasteiger charge is -2.32. The Kier molecular flexibility index (Phi) is 4.70. The van der Waals surface area contributed by atoms with Gasteiger partial charge in [-0.2, -0.15) is 0 Å². The van der Waals surface area contributed by atoms with Crippen molar-refractivity contribution in [2.24, 2.45) is 11.8 Å². The number of nitrogens with zero attached hydrogens (tertiary/aromatic N) is 1. The van der Waals surface area contributed by atoms with E-state index >= 15 is 0 Å². The molecular weight excluding hydrogens is 375 g/mol. The summed E-state index contributed by atoms with van der Waals surface area (Å²) in [5.41, 5.74) is -0.854. The fraction of sp³-hybridized carbons (Fsp3) is 0.318. The number of esters is 1. The number of ether oxygens (including phenoxy) is 1. The highest BCUT2D eigenvalue weighted by Gasteiger charge is 2.69. The zero-order chi connectivity index (χ0) is 20.8. The number of halogens is 1. The SMILES string of the molecule is CCN1C(=O)[C@H]2[C@@H](C1=O)[C@](C(=O)OC)(c1ccccc1)N[C@H]2c1ccccc1F. The number of benzene rings is 2. The molecule has 2 aromatic carbocycles. The predicted molar refractivity (Wildman–Crippen MR) is 102 cm³/mol. The highest BCUT2D eigenvalue weighted by Crippen LogP contribution is 2.53. The number of carbonyl (C=O) groups is 3. The van der Waals surface area contributed by atoms with E-state index in [0.29, 0.717) is 5.56 Å². The van der Waals surface area contributed by atoms with Gasteiger partial charge in [0.25, 0.3) is 0 Å². The molecule has 4 atom stereocenters. The van der Waals surface area contributed by atoms with Gasteiger partial charge in [0.1, 0.15) is 5.82 Å². The average Bonchev–Trinajstić information content (AvgIpc) is 3.23. The molecule has 29 heavy (non-hydrogen) atoms. The van der Waals surface area contributed by atoms with Gasteiger partial charge in [-0.15, -0.1) is 0 Å². The molecule has 4 rings (SSSR count). The predicted octanol–water partition coefficient (Wildman–Crippen LogP) is 2.16. The van der Waals surface area contributed by atoms with E-state index in [1.165, 1.54) is 13.2 Å². The molecule has 0 unspecified atom stereocenters. The van der Waals surface area contributed by atoms with Crippen molar-refractivity contribution in [3.05, 3.63) is 71.5 Å². The van der Waals surface area contributed by atoms with Crippen molar-refractivity contribution in [2.45, 2.75) is 18.5 Å². The number of likely N-dealkylation sites (tertiary alicyclic amines) is 1. The van der Waals surface area contributed by atoms with Crippen LogP contribution >= 0.6 is 0 Å². The summed E-state index contributed by atoms with van der Waals surface area (Å²) in [6, 6.07) is 13.9. The van der Waals surface area contributed by atoms with E-state index in [0.717, 1.165) is 4.90 Å². The van der Waals surface area contributed by atoms with Gasteiger partial charge in [-0.25, -0.2) is 9.18 Å². The third-order valence-corrected chi connectivity index (χ3v) is 5.94. The van der Waals surface area contributed by atoms with Gasteiger partial charge in [0.2, 0.25) is 11.8 Å². The van der Waals surface area contributed by atoms with Gasteiger partial charge in [-0.05, 0) is 18.6 Å². The minimum absolute atomic E-state index is 0.181.